The fourth-order valence-electron chi connectivity index (χ4n) is 2.40. The highest BCUT2D eigenvalue weighted by Crippen LogP contribution is 2.40. The molecule has 1 aliphatic rings. The number of rotatable bonds is 3. The van der Waals surface area contributed by atoms with Gasteiger partial charge in [0.15, 0.2) is 5.52 Å². The van der Waals surface area contributed by atoms with Crippen LogP contribution < -0.4 is 4.90 Å². The van der Waals surface area contributed by atoms with Crippen LogP contribution in [-0.2, 0) is 0 Å². The van der Waals surface area contributed by atoms with Crippen LogP contribution in [0.15, 0.2) is 17.6 Å². The number of aromatic nitrogens is 1. The van der Waals surface area contributed by atoms with Crippen LogP contribution in [0.25, 0.3) is 10.2 Å². The highest BCUT2D eigenvalue weighted by atomic mass is 32.1. The van der Waals surface area contributed by atoms with Gasteiger partial charge in [0.25, 0.3) is 0 Å². The monoisotopic (exact) mass is 279 g/mol. The van der Waals surface area contributed by atoms with Gasteiger partial charge in [-0.15, -0.1) is 11.3 Å². The Hall–Kier alpha value is -1.73. The summed E-state index contributed by atoms with van der Waals surface area (Å²) in [5, 5.41) is 21.3. The summed E-state index contributed by atoms with van der Waals surface area (Å²) in [5.41, 5.74) is 1.91. The van der Waals surface area contributed by atoms with Crippen LogP contribution in [0.3, 0.4) is 0 Å². The molecule has 1 aromatic heterocycles. The molecule has 1 saturated heterocycles. The van der Waals surface area contributed by atoms with Crippen molar-refractivity contribution in [1.29, 1.82) is 0 Å². The number of thiazole rings is 1. The van der Waals surface area contributed by atoms with Crippen LogP contribution in [0.4, 0.5) is 11.4 Å². The van der Waals surface area contributed by atoms with Gasteiger partial charge in [-0.25, -0.2) is 4.98 Å². The smallest absolute Gasteiger partial charge is 0.319 e. The van der Waals surface area contributed by atoms with Gasteiger partial charge in [-0.05, 0) is 18.6 Å². The molecule has 2 heterocycles. The third kappa shape index (κ3) is 1.85. The summed E-state index contributed by atoms with van der Waals surface area (Å²) in [6, 6.07) is 3.59. The van der Waals surface area contributed by atoms with E-state index in [-0.39, 0.29) is 10.6 Å². The number of anilines is 1. The zero-order chi connectivity index (χ0) is 13.6. The summed E-state index contributed by atoms with van der Waals surface area (Å²) in [7, 11) is 0. The normalized spacial score (nSPS) is 17.5. The number of aliphatic hydroxyl groups is 1. The van der Waals surface area contributed by atoms with Crippen molar-refractivity contribution in [2.75, 3.05) is 18.0 Å². The molecule has 0 atom stereocenters. The molecular formula is C12H13N3O3S. The molecule has 0 spiro atoms. The largest absolute Gasteiger partial charge is 0.386 e. The van der Waals surface area contributed by atoms with Gasteiger partial charge in [-0.2, -0.15) is 0 Å². The van der Waals surface area contributed by atoms with Gasteiger partial charge in [0.1, 0.15) is 5.69 Å². The number of hydrogen-bond donors (Lipinski definition) is 1. The Kier molecular flexibility index (Phi) is 2.68. The van der Waals surface area contributed by atoms with E-state index in [2.05, 4.69) is 4.98 Å². The van der Waals surface area contributed by atoms with Gasteiger partial charge < -0.3 is 10.0 Å². The van der Waals surface area contributed by atoms with E-state index in [1.165, 1.54) is 11.3 Å². The lowest BCUT2D eigenvalue weighted by molar-refractivity contribution is -0.382. The third-order valence-electron chi connectivity index (χ3n) is 3.61. The predicted octanol–water partition coefficient (Wildman–Crippen LogP) is 2.17. The van der Waals surface area contributed by atoms with Crippen LogP contribution in [-0.4, -0.2) is 33.7 Å². The van der Waals surface area contributed by atoms with Crippen molar-refractivity contribution < 1.29 is 10.0 Å². The first-order chi connectivity index (χ1) is 9.04. The highest BCUT2D eigenvalue weighted by molar-refractivity contribution is 7.16. The van der Waals surface area contributed by atoms with Gasteiger partial charge in [0.2, 0.25) is 0 Å². The molecule has 19 heavy (non-hydrogen) atoms. The quantitative estimate of drug-likeness (QED) is 0.688. The van der Waals surface area contributed by atoms with E-state index in [9.17, 15) is 15.2 Å². The van der Waals surface area contributed by atoms with E-state index in [1.807, 2.05) is 17.9 Å². The lowest BCUT2D eigenvalue weighted by atomic mass is 9.90. The lowest BCUT2D eigenvalue weighted by Gasteiger charge is -2.47. The van der Waals surface area contributed by atoms with E-state index in [1.54, 1.807) is 11.6 Å². The second-order valence-corrected chi connectivity index (χ2v) is 5.71. The molecule has 3 rings (SSSR count). The van der Waals surface area contributed by atoms with Crippen molar-refractivity contribution in [3.8, 4) is 0 Å². The average Bonchev–Trinajstić information content (AvgIpc) is 2.81. The van der Waals surface area contributed by atoms with E-state index in [0.717, 1.165) is 4.70 Å². The van der Waals surface area contributed by atoms with Crippen molar-refractivity contribution in [3.63, 3.8) is 0 Å². The van der Waals surface area contributed by atoms with Gasteiger partial charge in [-0.1, -0.05) is 6.92 Å². The zero-order valence-electron chi connectivity index (χ0n) is 10.4. The van der Waals surface area contributed by atoms with Crippen molar-refractivity contribution in [2.24, 2.45) is 0 Å². The number of β-amino-alcohol motifs (C(OH)–C–C–N with tert-alkyl or cyclic N) is 1. The molecule has 1 aromatic carbocycles. The molecule has 100 valence electrons. The maximum Gasteiger partial charge on any atom is 0.319 e. The van der Waals surface area contributed by atoms with Crippen molar-refractivity contribution in [3.05, 3.63) is 27.8 Å². The lowest BCUT2D eigenvalue weighted by Crippen LogP contribution is -2.61. The van der Waals surface area contributed by atoms with Crippen molar-refractivity contribution in [1.82, 2.24) is 4.98 Å². The van der Waals surface area contributed by atoms with Crippen molar-refractivity contribution >= 4 is 32.9 Å². The zero-order valence-corrected chi connectivity index (χ0v) is 11.2. The maximum absolute atomic E-state index is 11.3. The van der Waals surface area contributed by atoms with Gasteiger partial charge in [-0.3, -0.25) is 10.1 Å². The molecule has 1 aliphatic heterocycles. The molecule has 7 heteroatoms. The summed E-state index contributed by atoms with van der Waals surface area (Å²) in [6.07, 6.45) is 0.649. The number of nitro benzene ring substituents is 1. The maximum atomic E-state index is 11.3. The van der Waals surface area contributed by atoms with Crippen LogP contribution in [0.2, 0.25) is 0 Å². The third-order valence-corrected chi connectivity index (χ3v) is 4.40. The summed E-state index contributed by atoms with van der Waals surface area (Å²) in [5.74, 6) is 0. The average molecular weight is 279 g/mol. The Morgan fingerprint density at radius 1 is 1.58 bits per heavy atom. The summed E-state index contributed by atoms with van der Waals surface area (Å²) in [4.78, 5) is 16.8. The minimum Gasteiger partial charge on any atom is -0.386 e. The van der Waals surface area contributed by atoms with E-state index in [0.29, 0.717) is 30.7 Å². The minimum atomic E-state index is -0.717. The van der Waals surface area contributed by atoms with E-state index < -0.39 is 5.60 Å². The Labute approximate surface area is 113 Å². The number of benzene rings is 1. The molecule has 1 N–H and O–H groups in total. The SMILES string of the molecule is CCC1(O)CN(c2ccc3scnc3c2[N+](=O)[O-])C1. The van der Waals surface area contributed by atoms with Crippen LogP contribution in [0.1, 0.15) is 13.3 Å². The molecule has 0 radical (unpaired) electrons. The summed E-state index contributed by atoms with van der Waals surface area (Å²) >= 11 is 1.39. The summed E-state index contributed by atoms with van der Waals surface area (Å²) in [6.45, 7) is 2.77. The molecule has 0 amide bonds. The van der Waals surface area contributed by atoms with E-state index >= 15 is 0 Å². The first kappa shape index (κ1) is 12.3. The molecule has 0 bridgehead atoms. The van der Waals surface area contributed by atoms with Gasteiger partial charge in [0.05, 0.1) is 20.7 Å². The number of nitro groups is 1. The molecule has 0 aliphatic carbocycles. The van der Waals surface area contributed by atoms with Gasteiger partial charge >= 0.3 is 5.69 Å². The topological polar surface area (TPSA) is 79.5 Å². The number of nitrogens with zero attached hydrogens (tertiary/aromatic N) is 3. The minimum absolute atomic E-state index is 0.0388. The molecule has 6 nitrogen and oxygen atoms in total. The Bertz CT molecular complexity index is 649. The molecule has 1 fully saturated rings. The predicted molar refractivity (Wildman–Crippen MR) is 73.7 cm³/mol. The fraction of sp³-hybridized carbons (Fsp3) is 0.417. The first-order valence-electron chi connectivity index (χ1n) is 6.02. The number of hydrogen-bond acceptors (Lipinski definition) is 6. The molecular weight excluding hydrogens is 266 g/mol. The first-order valence-corrected chi connectivity index (χ1v) is 6.90. The summed E-state index contributed by atoms with van der Waals surface area (Å²) < 4.78 is 0.807. The fourth-order valence-corrected chi connectivity index (χ4v) is 3.08. The van der Waals surface area contributed by atoms with Crippen LogP contribution in [0.5, 0.6) is 0 Å². The molecule has 0 unspecified atom stereocenters. The molecule has 0 saturated carbocycles. The second-order valence-electron chi connectivity index (χ2n) is 4.82. The Morgan fingerprint density at radius 3 is 2.95 bits per heavy atom. The highest BCUT2D eigenvalue weighted by Gasteiger charge is 2.42. The van der Waals surface area contributed by atoms with Gasteiger partial charge in [0, 0.05) is 13.1 Å². The van der Waals surface area contributed by atoms with Crippen LogP contribution >= 0.6 is 11.3 Å². The number of fused-ring (bicyclic) bond motifs is 1. The van der Waals surface area contributed by atoms with Crippen LogP contribution in [0, 0.1) is 10.1 Å². The second kappa shape index (κ2) is 4.14. The standard InChI is InChI=1S/C12H13N3O3S/c1-2-12(16)5-14(6-12)8-3-4-9-10(13-7-19-9)11(8)15(17)18/h3-4,7,16H,2,5-6H2,1H3. The Balaban J connectivity index is 2.05. The Morgan fingerprint density at radius 2 is 2.32 bits per heavy atom. The van der Waals surface area contributed by atoms with E-state index in [4.69, 9.17) is 0 Å². The molecule has 2 aromatic rings. The van der Waals surface area contributed by atoms with Crippen molar-refractivity contribution in [2.45, 2.75) is 18.9 Å².